The van der Waals surface area contributed by atoms with Gasteiger partial charge in [0.1, 0.15) is 11.6 Å². The molecule has 1 aromatic heterocycles. The first kappa shape index (κ1) is 18.6. The summed E-state index contributed by atoms with van der Waals surface area (Å²) in [6, 6.07) is 6.00. The minimum absolute atomic E-state index is 0. The van der Waals surface area contributed by atoms with Gasteiger partial charge in [0.25, 0.3) is 0 Å². The number of para-hydroxylation sites is 1. The van der Waals surface area contributed by atoms with Crippen molar-refractivity contribution in [2.75, 3.05) is 0 Å². The van der Waals surface area contributed by atoms with Crippen molar-refractivity contribution in [2.45, 2.75) is 23.8 Å². The van der Waals surface area contributed by atoms with Crippen molar-refractivity contribution in [1.29, 1.82) is 0 Å². The maximum absolute atomic E-state index is 12.3. The molecular weight excluding hydrogens is 341 g/mol. The van der Waals surface area contributed by atoms with Gasteiger partial charge in [0.2, 0.25) is 0 Å². The Hall–Kier alpha value is -1.45. The molecule has 0 atom stereocenters. The van der Waals surface area contributed by atoms with Crippen molar-refractivity contribution in [1.82, 2.24) is 14.8 Å². The lowest BCUT2D eigenvalue weighted by molar-refractivity contribution is -0.274. The first-order valence-electron chi connectivity index (χ1n) is 5.95. The van der Waals surface area contributed by atoms with Crippen molar-refractivity contribution in [3.05, 3.63) is 35.7 Å². The quantitative estimate of drug-likeness (QED) is 0.836. The van der Waals surface area contributed by atoms with E-state index in [4.69, 9.17) is 5.73 Å². The highest BCUT2D eigenvalue weighted by atomic mass is 35.5. The highest BCUT2D eigenvalue weighted by molar-refractivity contribution is 7.98. The second-order valence-corrected chi connectivity index (χ2v) is 5.05. The van der Waals surface area contributed by atoms with Crippen LogP contribution in [-0.4, -0.2) is 21.1 Å². The zero-order valence-electron chi connectivity index (χ0n) is 11.5. The average molecular weight is 355 g/mol. The van der Waals surface area contributed by atoms with E-state index in [1.54, 1.807) is 23.7 Å². The van der Waals surface area contributed by atoms with E-state index in [0.29, 0.717) is 16.5 Å². The molecule has 0 unspecified atom stereocenters. The first-order chi connectivity index (χ1) is 9.90. The normalized spacial score (nSPS) is 11.1. The summed E-state index contributed by atoms with van der Waals surface area (Å²) in [5.74, 6) is 0.680. The van der Waals surface area contributed by atoms with E-state index in [9.17, 15) is 13.2 Å². The molecule has 2 N–H and O–H groups in total. The molecule has 2 aromatic rings. The molecule has 0 saturated carbocycles. The molecule has 22 heavy (non-hydrogen) atoms. The van der Waals surface area contributed by atoms with E-state index in [0.717, 1.165) is 0 Å². The van der Waals surface area contributed by atoms with Crippen molar-refractivity contribution < 1.29 is 17.9 Å². The highest BCUT2D eigenvalue weighted by Crippen LogP contribution is 2.30. The lowest BCUT2D eigenvalue weighted by Gasteiger charge is -2.12. The SMILES string of the molecule is Cl.Cn1c(CN)nnc1SCc1ccccc1OC(F)(F)F. The van der Waals surface area contributed by atoms with Crippen LogP contribution in [-0.2, 0) is 19.3 Å². The van der Waals surface area contributed by atoms with Crippen LogP contribution in [0.4, 0.5) is 13.2 Å². The summed E-state index contributed by atoms with van der Waals surface area (Å²) in [5, 5.41) is 8.40. The zero-order valence-corrected chi connectivity index (χ0v) is 13.1. The van der Waals surface area contributed by atoms with E-state index in [2.05, 4.69) is 14.9 Å². The molecule has 0 saturated heterocycles. The lowest BCUT2D eigenvalue weighted by Crippen LogP contribution is -2.18. The van der Waals surface area contributed by atoms with E-state index in [-0.39, 0.29) is 30.5 Å². The van der Waals surface area contributed by atoms with Crippen molar-refractivity contribution in [3.63, 3.8) is 0 Å². The van der Waals surface area contributed by atoms with Crippen LogP contribution in [0, 0.1) is 0 Å². The van der Waals surface area contributed by atoms with Gasteiger partial charge >= 0.3 is 6.36 Å². The molecule has 0 spiro atoms. The molecule has 0 fully saturated rings. The van der Waals surface area contributed by atoms with Crippen molar-refractivity contribution in [2.24, 2.45) is 12.8 Å². The maximum Gasteiger partial charge on any atom is 0.573 e. The van der Waals surface area contributed by atoms with Crippen LogP contribution in [0.2, 0.25) is 0 Å². The molecule has 0 bridgehead atoms. The first-order valence-corrected chi connectivity index (χ1v) is 6.94. The summed E-state index contributed by atoms with van der Waals surface area (Å²) in [6.45, 7) is 0.248. The molecule has 10 heteroatoms. The number of hydrogen-bond donors (Lipinski definition) is 1. The fourth-order valence-electron chi connectivity index (χ4n) is 1.64. The van der Waals surface area contributed by atoms with Crippen LogP contribution in [0.25, 0.3) is 0 Å². The Morgan fingerprint density at radius 3 is 2.55 bits per heavy atom. The summed E-state index contributed by atoms with van der Waals surface area (Å²) >= 11 is 1.26. The van der Waals surface area contributed by atoms with Gasteiger partial charge in [0.15, 0.2) is 5.16 Å². The molecule has 122 valence electrons. The molecule has 2 rings (SSSR count). The van der Waals surface area contributed by atoms with Gasteiger partial charge in [-0.25, -0.2) is 0 Å². The summed E-state index contributed by atoms with van der Waals surface area (Å²) < 4.78 is 42.7. The van der Waals surface area contributed by atoms with Gasteiger partial charge < -0.3 is 15.0 Å². The molecule has 0 aliphatic rings. The second-order valence-electron chi connectivity index (χ2n) is 4.11. The second kappa shape index (κ2) is 7.70. The number of thioether (sulfide) groups is 1. The van der Waals surface area contributed by atoms with Crippen LogP contribution < -0.4 is 10.5 Å². The van der Waals surface area contributed by atoms with Crippen LogP contribution in [0.3, 0.4) is 0 Å². The maximum atomic E-state index is 12.3. The monoisotopic (exact) mass is 354 g/mol. The smallest absolute Gasteiger partial charge is 0.405 e. The van der Waals surface area contributed by atoms with Crippen LogP contribution in [0.1, 0.15) is 11.4 Å². The Labute approximate surface area is 135 Å². The van der Waals surface area contributed by atoms with Gasteiger partial charge in [0.05, 0.1) is 6.54 Å². The predicted octanol–water partition coefficient (Wildman–Crippen LogP) is 2.89. The van der Waals surface area contributed by atoms with Gasteiger partial charge in [-0.3, -0.25) is 0 Å². The Balaban J connectivity index is 0.00000242. The third-order valence-electron chi connectivity index (χ3n) is 2.66. The molecule has 0 aliphatic carbocycles. The zero-order chi connectivity index (χ0) is 15.5. The summed E-state index contributed by atoms with van der Waals surface area (Å²) in [4.78, 5) is 0. The Kier molecular flexibility index (Phi) is 6.51. The number of ether oxygens (including phenoxy) is 1. The number of hydrogen-bond acceptors (Lipinski definition) is 5. The number of alkyl halides is 3. The standard InChI is InChI=1S/C12H13F3N4OS.ClH/c1-19-10(6-16)17-18-11(19)21-7-8-4-2-3-5-9(8)20-12(13,14)15;/h2-5H,6-7,16H2,1H3;1H. The van der Waals surface area contributed by atoms with Crippen LogP contribution in [0.15, 0.2) is 29.4 Å². The number of rotatable bonds is 5. The van der Waals surface area contributed by atoms with Gasteiger partial charge in [0, 0.05) is 18.4 Å². The highest BCUT2D eigenvalue weighted by Gasteiger charge is 2.32. The molecule has 5 nitrogen and oxygen atoms in total. The Bertz CT molecular complexity index is 621. The fraction of sp³-hybridized carbons (Fsp3) is 0.333. The van der Waals surface area contributed by atoms with E-state index >= 15 is 0 Å². The van der Waals surface area contributed by atoms with Gasteiger partial charge in [-0.2, -0.15) is 0 Å². The summed E-state index contributed by atoms with van der Waals surface area (Å²) in [6.07, 6.45) is -4.71. The van der Waals surface area contributed by atoms with Crippen molar-refractivity contribution >= 4 is 24.2 Å². The lowest BCUT2D eigenvalue weighted by atomic mass is 10.2. The molecular formula is C12H14ClF3N4OS. The number of halogens is 4. The average Bonchev–Trinajstić information content (AvgIpc) is 2.77. The third kappa shape index (κ3) is 4.79. The number of nitrogens with zero attached hydrogens (tertiary/aromatic N) is 3. The molecule has 0 amide bonds. The summed E-state index contributed by atoms with van der Waals surface area (Å²) in [5.41, 5.74) is 5.92. The number of nitrogens with two attached hydrogens (primary N) is 1. The number of benzene rings is 1. The van der Waals surface area contributed by atoms with Crippen molar-refractivity contribution in [3.8, 4) is 5.75 Å². The molecule has 0 aliphatic heterocycles. The minimum Gasteiger partial charge on any atom is -0.405 e. The largest absolute Gasteiger partial charge is 0.573 e. The van der Waals surface area contributed by atoms with Gasteiger partial charge in [-0.05, 0) is 6.07 Å². The molecule has 1 heterocycles. The van der Waals surface area contributed by atoms with E-state index < -0.39 is 6.36 Å². The Morgan fingerprint density at radius 2 is 1.95 bits per heavy atom. The van der Waals surface area contributed by atoms with E-state index in [1.807, 2.05) is 0 Å². The van der Waals surface area contributed by atoms with Crippen LogP contribution in [0.5, 0.6) is 5.75 Å². The van der Waals surface area contributed by atoms with Gasteiger partial charge in [-0.15, -0.1) is 35.8 Å². The molecule has 1 aromatic carbocycles. The van der Waals surface area contributed by atoms with Gasteiger partial charge in [-0.1, -0.05) is 30.0 Å². The predicted molar refractivity (Wildman–Crippen MR) is 78.8 cm³/mol. The minimum atomic E-state index is -4.71. The summed E-state index contributed by atoms with van der Waals surface area (Å²) in [7, 11) is 1.75. The molecule has 0 radical (unpaired) electrons. The van der Waals surface area contributed by atoms with E-state index in [1.165, 1.54) is 23.9 Å². The van der Waals surface area contributed by atoms with Crippen LogP contribution >= 0.6 is 24.2 Å². The topological polar surface area (TPSA) is 66.0 Å². The number of aromatic nitrogens is 3. The fourth-order valence-corrected chi connectivity index (χ4v) is 2.56. The Morgan fingerprint density at radius 1 is 1.27 bits per heavy atom. The third-order valence-corrected chi connectivity index (χ3v) is 3.73.